The van der Waals surface area contributed by atoms with Crippen LogP contribution in [0.15, 0.2) is 45.7 Å². The zero-order valence-electron chi connectivity index (χ0n) is 11.6. The molecule has 5 nitrogen and oxygen atoms in total. The fraction of sp³-hybridized carbons (Fsp3) is 0.0625. The molecule has 1 N–H and O–H groups in total. The summed E-state index contributed by atoms with van der Waals surface area (Å²) < 4.78 is 6.61. The molecule has 2 aromatic carbocycles. The van der Waals surface area contributed by atoms with Crippen LogP contribution < -0.4 is 10.3 Å². The van der Waals surface area contributed by atoms with Gasteiger partial charge in [0, 0.05) is 4.47 Å². The molecule has 3 rings (SSSR count). The van der Waals surface area contributed by atoms with Crippen molar-refractivity contribution in [1.29, 1.82) is 5.26 Å². The molecule has 0 unspecified atom stereocenters. The summed E-state index contributed by atoms with van der Waals surface area (Å²) in [5.74, 6) is 1.11. The van der Waals surface area contributed by atoms with E-state index < -0.39 is 0 Å². The van der Waals surface area contributed by atoms with Crippen molar-refractivity contribution in [2.24, 2.45) is 0 Å². The van der Waals surface area contributed by atoms with Crippen LogP contribution in [-0.2, 0) is 0 Å². The number of fused-ring (bicyclic) bond motifs is 1. The minimum atomic E-state index is -0.227. The number of nitrogens with one attached hydrogen (secondary N) is 1. The molecule has 108 valence electrons. The first-order valence-corrected chi connectivity index (χ1v) is 7.24. The average Bonchev–Trinajstić information content (AvgIpc) is 2.50. The van der Waals surface area contributed by atoms with Gasteiger partial charge in [0.05, 0.1) is 17.1 Å². The van der Waals surface area contributed by atoms with Gasteiger partial charge in [0.1, 0.15) is 17.0 Å². The second-order valence-corrected chi connectivity index (χ2v) is 5.61. The second-order valence-electron chi connectivity index (χ2n) is 4.69. The number of aromatic amines is 1. The van der Waals surface area contributed by atoms with Gasteiger partial charge in [-0.1, -0.05) is 15.9 Å². The Morgan fingerprint density at radius 2 is 2.00 bits per heavy atom. The molecule has 0 aliphatic carbocycles. The van der Waals surface area contributed by atoms with E-state index in [1.165, 1.54) is 0 Å². The molecule has 0 radical (unpaired) electrons. The minimum Gasteiger partial charge on any atom is -0.455 e. The molecular formula is C16H10BrN3O2. The number of aryl methyl sites for hydroxylation is 1. The number of nitrogens with zero attached hydrogens (tertiary/aromatic N) is 2. The van der Waals surface area contributed by atoms with E-state index in [1.807, 2.05) is 0 Å². The van der Waals surface area contributed by atoms with E-state index in [2.05, 4.69) is 32.0 Å². The van der Waals surface area contributed by atoms with Crippen molar-refractivity contribution >= 4 is 27.0 Å². The Morgan fingerprint density at radius 3 is 2.68 bits per heavy atom. The van der Waals surface area contributed by atoms with Crippen molar-refractivity contribution < 1.29 is 4.74 Å². The Morgan fingerprint density at radius 1 is 1.27 bits per heavy atom. The SMILES string of the molecule is Cc1nc2c(Oc3ccc(C#N)cc3)cc(Br)cc2[nH]c1=O. The van der Waals surface area contributed by atoms with E-state index in [0.717, 1.165) is 4.47 Å². The Hall–Kier alpha value is -2.65. The lowest BCUT2D eigenvalue weighted by molar-refractivity contribution is 0.486. The molecular weight excluding hydrogens is 346 g/mol. The number of nitriles is 1. The maximum atomic E-state index is 11.7. The number of aromatic nitrogens is 2. The summed E-state index contributed by atoms with van der Waals surface area (Å²) in [6.45, 7) is 1.64. The van der Waals surface area contributed by atoms with E-state index in [4.69, 9.17) is 10.00 Å². The van der Waals surface area contributed by atoms with Crippen molar-refractivity contribution in [3.05, 3.63) is 62.5 Å². The van der Waals surface area contributed by atoms with Gasteiger partial charge in [-0.2, -0.15) is 5.26 Å². The highest BCUT2D eigenvalue weighted by Crippen LogP contribution is 2.31. The highest BCUT2D eigenvalue weighted by atomic mass is 79.9. The highest BCUT2D eigenvalue weighted by molar-refractivity contribution is 9.10. The number of H-pyrrole nitrogens is 1. The Kier molecular flexibility index (Phi) is 3.65. The van der Waals surface area contributed by atoms with Gasteiger partial charge >= 0.3 is 0 Å². The number of rotatable bonds is 2. The summed E-state index contributed by atoms with van der Waals surface area (Å²) in [7, 11) is 0. The Balaban J connectivity index is 2.11. The quantitative estimate of drug-likeness (QED) is 0.760. The lowest BCUT2D eigenvalue weighted by Gasteiger charge is -2.09. The van der Waals surface area contributed by atoms with Crippen LogP contribution >= 0.6 is 15.9 Å². The molecule has 0 bridgehead atoms. The van der Waals surface area contributed by atoms with E-state index in [0.29, 0.717) is 33.8 Å². The van der Waals surface area contributed by atoms with Crippen LogP contribution in [0.3, 0.4) is 0 Å². The van der Waals surface area contributed by atoms with E-state index in [1.54, 1.807) is 43.3 Å². The number of benzene rings is 2. The van der Waals surface area contributed by atoms with Crippen LogP contribution in [0.1, 0.15) is 11.3 Å². The monoisotopic (exact) mass is 355 g/mol. The molecule has 22 heavy (non-hydrogen) atoms. The van der Waals surface area contributed by atoms with Crippen LogP contribution in [0, 0.1) is 18.3 Å². The third-order valence-electron chi connectivity index (χ3n) is 3.11. The Bertz CT molecular complexity index is 956. The van der Waals surface area contributed by atoms with Crippen LogP contribution in [0.2, 0.25) is 0 Å². The summed E-state index contributed by atoms with van der Waals surface area (Å²) in [4.78, 5) is 18.8. The normalized spacial score (nSPS) is 10.4. The summed E-state index contributed by atoms with van der Waals surface area (Å²) in [5.41, 5.74) is 1.87. The maximum Gasteiger partial charge on any atom is 0.269 e. The predicted molar refractivity (Wildman–Crippen MR) is 86.0 cm³/mol. The van der Waals surface area contributed by atoms with Gasteiger partial charge in [0.25, 0.3) is 5.56 Å². The molecule has 0 aliphatic heterocycles. The van der Waals surface area contributed by atoms with E-state index in [-0.39, 0.29) is 5.56 Å². The van der Waals surface area contributed by atoms with Crippen LogP contribution in [0.4, 0.5) is 0 Å². The topological polar surface area (TPSA) is 78.8 Å². The molecule has 3 aromatic rings. The molecule has 1 aromatic heterocycles. The summed E-state index contributed by atoms with van der Waals surface area (Å²) in [6.07, 6.45) is 0. The molecule has 0 aliphatic rings. The average molecular weight is 356 g/mol. The molecule has 0 atom stereocenters. The molecule has 0 fully saturated rings. The van der Waals surface area contributed by atoms with Crippen LogP contribution in [0.25, 0.3) is 11.0 Å². The van der Waals surface area contributed by atoms with Crippen LogP contribution in [0.5, 0.6) is 11.5 Å². The third kappa shape index (κ3) is 2.71. The minimum absolute atomic E-state index is 0.227. The second kappa shape index (κ2) is 5.62. The van der Waals surface area contributed by atoms with E-state index >= 15 is 0 Å². The van der Waals surface area contributed by atoms with Crippen molar-refractivity contribution in [2.45, 2.75) is 6.92 Å². The summed E-state index contributed by atoms with van der Waals surface area (Å²) in [6, 6.07) is 12.4. The van der Waals surface area contributed by atoms with Gasteiger partial charge in [-0.3, -0.25) is 4.79 Å². The molecule has 6 heteroatoms. The van der Waals surface area contributed by atoms with Crippen molar-refractivity contribution in [2.75, 3.05) is 0 Å². The number of ether oxygens (including phenoxy) is 1. The van der Waals surface area contributed by atoms with Gasteiger partial charge < -0.3 is 9.72 Å². The lowest BCUT2D eigenvalue weighted by Crippen LogP contribution is -2.11. The predicted octanol–water partition coefficient (Wildman–Crippen LogP) is 3.66. The van der Waals surface area contributed by atoms with Gasteiger partial charge in [-0.25, -0.2) is 4.98 Å². The van der Waals surface area contributed by atoms with Gasteiger partial charge in [0.15, 0.2) is 5.75 Å². The molecule has 0 spiro atoms. The number of hydrogen-bond acceptors (Lipinski definition) is 4. The fourth-order valence-corrected chi connectivity index (χ4v) is 2.46. The van der Waals surface area contributed by atoms with E-state index in [9.17, 15) is 4.79 Å². The van der Waals surface area contributed by atoms with Gasteiger partial charge in [-0.15, -0.1) is 0 Å². The first-order valence-electron chi connectivity index (χ1n) is 6.45. The number of halogens is 1. The molecule has 0 saturated heterocycles. The number of hydrogen-bond donors (Lipinski definition) is 1. The third-order valence-corrected chi connectivity index (χ3v) is 3.57. The fourth-order valence-electron chi connectivity index (χ4n) is 2.02. The first-order chi connectivity index (χ1) is 10.6. The first kappa shape index (κ1) is 14.3. The maximum absolute atomic E-state index is 11.7. The zero-order valence-corrected chi connectivity index (χ0v) is 13.1. The molecule has 0 amide bonds. The van der Waals surface area contributed by atoms with Crippen LogP contribution in [-0.4, -0.2) is 9.97 Å². The van der Waals surface area contributed by atoms with Crippen molar-refractivity contribution in [3.8, 4) is 17.6 Å². The smallest absolute Gasteiger partial charge is 0.269 e. The van der Waals surface area contributed by atoms with Crippen molar-refractivity contribution in [1.82, 2.24) is 9.97 Å². The van der Waals surface area contributed by atoms with Gasteiger partial charge in [0.2, 0.25) is 0 Å². The van der Waals surface area contributed by atoms with Gasteiger partial charge in [-0.05, 0) is 43.3 Å². The lowest BCUT2D eigenvalue weighted by atomic mass is 10.2. The summed E-state index contributed by atoms with van der Waals surface area (Å²) >= 11 is 3.39. The van der Waals surface area contributed by atoms with Crippen molar-refractivity contribution in [3.63, 3.8) is 0 Å². The standard InChI is InChI=1S/C16H10BrN3O2/c1-9-16(21)20-13-6-11(17)7-14(15(13)19-9)22-12-4-2-10(8-18)3-5-12/h2-7H,1H3,(H,20,21). The zero-order chi connectivity index (χ0) is 15.7. The highest BCUT2D eigenvalue weighted by Gasteiger charge is 2.10. The Labute approximate surface area is 134 Å². The molecule has 0 saturated carbocycles. The molecule has 1 heterocycles. The summed E-state index contributed by atoms with van der Waals surface area (Å²) in [5, 5.41) is 8.81. The largest absolute Gasteiger partial charge is 0.455 e.